The summed E-state index contributed by atoms with van der Waals surface area (Å²) in [5.41, 5.74) is 9.37. The lowest BCUT2D eigenvalue weighted by atomic mass is 9.75. The SMILES string of the molecule is Cc1cc(C(C)(C)C2(N)CC2)cc(C)c1O. The van der Waals surface area contributed by atoms with Crippen molar-refractivity contribution in [2.75, 3.05) is 0 Å². The minimum absolute atomic E-state index is 0.0176. The molecule has 0 bridgehead atoms. The Hall–Kier alpha value is -1.02. The fourth-order valence-corrected chi connectivity index (χ4v) is 2.36. The summed E-state index contributed by atoms with van der Waals surface area (Å²) in [5.74, 6) is 0.404. The topological polar surface area (TPSA) is 46.2 Å². The van der Waals surface area contributed by atoms with E-state index in [1.807, 2.05) is 13.8 Å². The molecule has 3 N–H and O–H groups in total. The van der Waals surface area contributed by atoms with Gasteiger partial charge in [-0.15, -0.1) is 0 Å². The highest BCUT2D eigenvalue weighted by molar-refractivity contribution is 5.46. The van der Waals surface area contributed by atoms with Crippen LogP contribution in [0, 0.1) is 13.8 Å². The molecule has 2 rings (SSSR count). The molecular formula is C14H21NO. The smallest absolute Gasteiger partial charge is 0.121 e. The van der Waals surface area contributed by atoms with E-state index in [1.54, 1.807) is 0 Å². The second-order valence-electron chi connectivity index (χ2n) is 5.74. The zero-order valence-electron chi connectivity index (χ0n) is 10.6. The Kier molecular flexibility index (Phi) is 2.32. The summed E-state index contributed by atoms with van der Waals surface area (Å²) in [5, 5.41) is 9.78. The molecule has 0 unspecified atom stereocenters. The molecule has 0 radical (unpaired) electrons. The van der Waals surface area contributed by atoms with E-state index in [0.29, 0.717) is 5.75 Å². The van der Waals surface area contributed by atoms with Crippen molar-refractivity contribution in [1.82, 2.24) is 0 Å². The van der Waals surface area contributed by atoms with Gasteiger partial charge in [-0.1, -0.05) is 26.0 Å². The molecule has 1 saturated carbocycles. The number of hydrogen-bond acceptors (Lipinski definition) is 2. The van der Waals surface area contributed by atoms with Crippen molar-refractivity contribution in [2.45, 2.75) is 51.5 Å². The van der Waals surface area contributed by atoms with E-state index in [-0.39, 0.29) is 11.0 Å². The first-order chi connectivity index (χ1) is 7.28. The van der Waals surface area contributed by atoms with Gasteiger partial charge in [0, 0.05) is 11.0 Å². The van der Waals surface area contributed by atoms with Gasteiger partial charge < -0.3 is 10.8 Å². The van der Waals surface area contributed by atoms with E-state index in [0.717, 1.165) is 24.0 Å². The highest BCUT2D eigenvalue weighted by atomic mass is 16.3. The second kappa shape index (κ2) is 3.24. The third-order valence-electron chi connectivity index (χ3n) is 4.25. The van der Waals surface area contributed by atoms with Crippen LogP contribution in [0.5, 0.6) is 5.75 Å². The lowest BCUT2D eigenvalue weighted by Crippen LogP contribution is -2.43. The summed E-state index contributed by atoms with van der Waals surface area (Å²) >= 11 is 0. The van der Waals surface area contributed by atoms with Gasteiger partial charge in [-0.3, -0.25) is 0 Å². The van der Waals surface area contributed by atoms with Gasteiger partial charge in [0.1, 0.15) is 5.75 Å². The van der Waals surface area contributed by atoms with Gasteiger partial charge in [-0.25, -0.2) is 0 Å². The number of benzene rings is 1. The van der Waals surface area contributed by atoms with E-state index in [4.69, 9.17) is 5.73 Å². The minimum atomic E-state index is -0.0527. The molecule has 0 amide bonds. The molecule has 2 heteroatoms. The van der Waals surface area contributed by atoms with E-state index < -0.39 is 0 Å². The maximum Gasteiger partial charge on any atom is 0.121 e. The third-order valence-corrected chi connectivity index (χ3v) is 4.25. The van der Waals surface area contributed by atoms with Crippen molar-refractivity contribution in [3.8, 4) is 5.75 Å². The van der Waals surface area contributed by atoms with Crippen molar-refractivity contribution in [3.63, 3.8) is 0 Å². The molecule has 1 aromatic carbocycles. The molecule has 1 aliphatic rings. The van der Waals surface area contributed by atoms with Crippen LogP contribution in [0.1, 0.15) is 43.4 Å². The molecule has 0 heterocycles. The Labute approximate surface area is 97.5 Å². The van der Waals surface area contributed by atoms with Gasteiger partial charge in [0.25, 0.3) is 0 Å². The van der Waals surface area contributed by atoms with E-state index >= 15 is 0 Å². The molecule has 0 atom stereocenters. The summed E-state index contributed by atoms with van der Waals surface area (Å²) in [6.45, 7) is 8.28. The Morgan fingerprint density at radius 3 is 2.00 bits per heavy atom. The van der Waals surface area contributed by atoms with Crippen LogP contribution >= 0.6 is 0 Å². The third kappa shape index (κ3) is 1.52. The van der Waals surface area contributed by atoms with Gasteiger partial charge in [-0.05, 0) is 43.4 Å². The maximum atomic E-state index is 9.78. The second-order valence-corrected chi connectivity index (χ2v) is 5.74. The van der Waals surface area contributed by atoms with Crippen LogP contribution in [0.2, 0.25) is 0 Å². The number of phenols is 1. The molecule has 0 aliphatic heterocycles. The van der Waals surface area contributed by atoms with Crippen molar-refractivity contribution in [1.29, 1.82) is 0 Å². The predicted molar refractivity (Wildman–Crippen MR) is 66.8 cm³/mol. The maximum absolute atomic E-state index is 9.78. The summed E-state index contributed by atoms with van der Waals surface area (Å²) in [6, 6.07) is 4.13. The number of aryl methyl sites for hydroxylation is 2. The average Bonchev–Trinajstić information content (AvgIpc) is 2.93. The first-order valence-corrected chi connectivity index (χ1v) is 5.87. The molecule has 0 saturated heterocycles. The van der Waals surface area contributed by atoms with Crippen LogP contribution in [0.4, 0.5) is 0 Å². The van der Waals surface area contributed by atoms with Gasteiger partial charge in [0.05, 0.1) is 0 Å². The average molecular weight is 219 g/mol. The fraction of sp³-hybridized carbons (Fsp3) is 0.571. The van der Waals surface area contributed by atoms with Gasteiger partial charge in [-0.2, -0.15) is 0 Å². The van der Waals surface area contributed by atoms with Crippen LogP contribution in [-0.4, -0.2) is 10.6 Å². The molecule has 16 heavy (non-hydrogen) atoms. The zero-order valence-corrected chi connectivity index (χ0v) is 10.6. The van der Waals surface area contributed by atoms with Crippen LogP contribution < -0.4 is 5.73 Å². The lowest BCUT2D eigenvalue weighted by Gasteiger charge is -2.33. The molecule has 2 nitrogen and oxygen atoms in total. The Balaban J connectivity index is 2.49. The normalized spacial score (nSPS) is 18.6. The number of phenolic OH excluding ortho intramolecular Hbond substituents is 1. The van der Waals surface area contributed by atoms with Crippen molar-refractivity contribution in [2.24, 2.45) is 5.73 Å². The van der Waals surface area contributed by atoms with E-state index in [1.165, 1.54) is 5.56 Å². The summed E-state index contributed by atoms with van der Waals surface area (Å²) < 4.78 is 0. The first-order valence-electron chi connectivity index (χ1n) is 5.87. The molecule has 0 aromatic heterocycles. The standard InChI is InChI=1S/C14H21NO/c1-9-7-11(8-10(2)12(9)16)13(3,4)14(15)5-6-14/h7-8,16H,5-6,15H2,1-4H3. The summed E-state index contributed by atoms with van der Waals surface area (Å²) in [7, 11) is 0. The van der Waals surface area contributed by atoms with Crippen molar-refractivity contribution < 1.29 is 5.11 Å². The first kappa shape index (κ1) is 11.5. The van der Waals surface area contributed by atoms with Crippen LogP contribution in [0.15, 0.2) is 12.1 Å². The van der Waals surface area contributed by atoms with Crippen LogP contribution in [-0.2, 0) is 5.41 Å². The number of nitrogens with two attached hydrogens (primary N) is 1. The predicted octanol–water partition coefficient (Wildman–Crippen LogP) is 2.78. The van der Waals surface area contributed by atoms with E-state index in [2.05, 4.69) is 26.0 Å². The number of rotatable bonds is 2. The largest absolute Gasteiger partial charge is 0.507 e. The number of hydrogen-bond donors (Lipinski definition) is 2. The Morgan fingerprint density at radius 1 is 1.19 bits per heavy atom. The van der Waals surface area contributed by atoms with Crippen molar-refractivity contribution in [3.05, 3.63) is 28.8 Å². The van der Waals surface area contributed by atoms with Gasteiger partial charge >= 0.3 is 0 Å². The van der Waals surface area contributed by atoms with E-state index in [9.17, 15) is 5.11 Å². The van der Waals surface area contributed by atoms with Crippen molar-refractivity contribution >= 4 is 0 Å². The Bertz CT molecular complexity index is 407. The molecular weight excluding hydrogens is 198 g/mol. The minimum Gasteiger partial charge on any atom is -0.507 e. The van der Waals surface area contributed by atoms with Gasteiger partial charge in [0.15, 0.2) is 0 Å². The fourth-order valence-electron chi connectivity index (χ4n) is 2.36. The molecule has 1 fully saturated rings. The highest BCUT2D eigenvalue weighted by Crippen LogP contribution is 2.49. The van der Waals surface area contributed by atoms with Crippen LogP contribution in [0.3, 0.4) is 0 Å². The lowest BCUT2D eigenvalue weighted by molar-refractivity contribution is 0.389. The molecule has 1 aliphatic carbocycles. The molecule has 0 spiro atoms. The monoisotopic (exact) mass is 219 g/mol. The molecule has 88 valence electrons. The highest BCUT2D eigenvalue weighted by Gasteiger charge is 2.51. The summed E-state index contributed by atoms with van der Waals surface area (Å²) in [4.78, 5) is 0. The Morgan fingerprint density at radius 2 is 1.62 bits per heavy atom. The summed E-state index contributed by atoms with van der Waals surface area (Å²) in [6.07, 6.45) is 2.19. The number of aromatic hydroxyl groups is 1. The zero-order chi connectivity index (χ0) is 12.1. The van der Waals surface area contributed by atoms with Gasteiger partial charge in [0.2, 0.25) is 0 Å². The molecule has 1 aromatic rings. The van der Waals surface area contributed by atoms with Crippen LogP contribution in [0.25, 0.3) is 0 Å². The quantitative estimate of drug-likeness (QED) is 0.803.